The third-order valence-electron chi connectivity index (χ3n) is 4.17. The van der Waals surface area contributed by atoms with Crippen LogP contribution in [0.3, 0.4) is 0 Å². The minimum Gasteiger partial charge on any atom is -0.508 e. The summed E-state index contributed by atoms with van der Waals surface area (Å²) in [5, 5.41) is 13.0. The van der Waals surface area contributed by atoms with Crippen LogP contribution in [0.2, 0.25) is 0 Å². The van der Waals surface area contributed by atoms with Gasteiger partial charge in [-0.1, -0.05) is 24.8 Å². The van der Waals surface area contributed by atoms with Gasteiger partial charge in [0.25, 0.3) is 5.56 Å². The highest BCUT2D eigenvalue weighted by Gasteiger charge is 2.33. The molecule has 2 N–H and O–H groups in total. The summed E-state index contributed by atoms with van der Waals surface area (Å²) in [5.41, 5.74) is 0.752. The van der Waals surface area contributed by atoms with E-state index in [-0.39, 0.29) is 23.6 Å². The summed E-state index contributed by atoms with van der Waals surface area (Å²) in [6.45, 7) is 1.97. The average Bonchev–Trinajstić information content (AvgIpc) is 2.58. The van der Waals surface area contributed by atoms with E-state index in [0.29, 0.717) is 27.9 Å². The van der Waals surface area contributed by atoms with Crippen molar-refractivity contribution in [1.29, 1.82) is 0 Å². The maximum atomic E-state index is 12.7. The van der Waals surface area contributed by atoms with Crippen LogP contribution in [0, 0.1) is 0 Å². The summed E-state index contributed by atoms with van der Waals surface area (Å²) in [6, 6.07) is 4.67. The van der Waals surface area contributed by atoms with E-state index in [1.165, 1.54) is 31.0 Å². The molecule has 0 aliphatic carbocycles. The second-order valence-electron chi connectivity index (χ2n) is 5.68. The minimum absolute atomic E-state index is 0.0572. The molecule has 0 radical (unpaired) electrons. The van der Waals surface area contributed by atoms with Gasteiger partial charge >= 0.3 is 0 Å². The van der Waals surface area contributed by atoms with Gasteiger partial charge in [-0.05, 0) is 11.8 Å². The zero-order valence-electron chi connectivity index (χ0n) is 14.2. The summed E-state index contributed by atoms with van der Waals surface area (Å²) >= 11 is 1.44. The molecule has 0 unspecified atom stereocenters. The van der Waals surface area contributed by atoms with Crippen LogP contribution in [0.15, 0.2) is 28.2 Å². The number of fused-ring (bicyclic) bond motifs is 1. The van der Waals surface area contributed by atoms with E-state index in [0.717, 1.165) is 5.75 Å². The smallest absolute Gasteiger partial charge is 0.279 e. The number of aromatic hydroxyl groups is 1. The summed E-state index contributed by atoms with van der Waals surface area (Å²) in [7, 11) is 3.26. The quantitative estimate of drug-likeness (QED) is 0.640. The maximum absolute atomic E-state index is 12.7. The van der Waals surface area contributed by atoms with Gasteiger partial charge in [0.05, 0.1) is 12.7 Å². The number of rotatable bonds is 4. The molecule has 8 heteroatoms. The first-order valence-electron chi connectivity index (χ1n) is 7.86. The lowest BCUT2D eigenvalue weighted by Gasteiger charge is -2.28. The van der Waals surface area contributed by atoms with Crippen LogP contribution >= 0.6 is 11.8 Å². The number of methoxy groups -OCH3 is 1. The zero-order chi connectivity index (χ0) is 18.1. The van der Waals surface area contributed by atoms with Gasteiger partial charge in [0.15, 0.2) is 5.16 Å². The largest absolute Gasteiger partial charge is 0.508 e. The number of aromatic nitrogens is 2. The molecule has 0 saturated heterocycles. The lowest BCUT2D eigenvalue weighted by molar-refractivity contribution is -0.116. The van der Waals surface area contributed by atoms with Crippen molar-refractivity contribution in [2.45, 2.75) is 24.4 Å². The third kappa shape index (κ3) is 3.09. The van der Waals surface area contributed by atoms with Crippen LogP contribution in [0.1, 0.15) is 30.4 Å². The Morgan fingerprint density at radius 3 is 2.88 bits per heavy atom. The number of ether oxygens (including phenoxy) is 1. The van der Waals surface area contributed by atoms with E-state index < -0.39 is 5.92 Å². The van der Waals surface area contributed by atoms with Crippen molar-refractivity contribution in [3.05, 3.63) is 39.7 Å². The molecule has 7 nitrogen and oxygen atoms in total. The molecule has 2 aromatic rings. The van der Waals surface area contributed by atoms with Crippen LogP contribution in [-0.2, 0) is 11.8 Å². The number of hydrogen-bond acceptors (Lipinski definition) is 6. The molecular formula is C17H19N3O4S. The predicted octanol–water partition coefficient (Wildman–Crippen LogP) is 2.08. The van der Waals surface area contributed by atoms with Gasteiger partial charge in [-0.25, -0.2) is 0 Å². The van der Waals surface area contributed by atoms with E-state index >= 15 is 0 Å². The molecule has 0 saturated carbocycles. The fourth-order valence-corrected chi connectivity index (χ4v) is 3.74. The number of phenols is 1. The third-order valence-corrected chi connectivity index (χ3v) is 5.08. The molecule has 0 bridgehead atoms. The number of benzene rings is 1. The summed E-state index contributed by atoms with van der Waals surface area (Å²) < 4.78 is 7.07. The first kappa shape index (κ1) is 17.3. The Morgan fingerprint density at radius 2 is 2.20 bits per heavy atom. The number of thioether (sulfide) groups is 1. The number of phenolic OH excluding ortho intramolecular Hbond substituents is 1. The average molecular weight is 361 g/mol. The van der Waals surface area contributed by atoms with E-state index in [9.17, 15) is 14.7 Å². The van der Waals surface area contributed by atoms with Crippen molar-refractivity contribution < 1.29 is 14.6 Å². The fourth-order valence-electron chi connectivity index (χ4n) is 3.05. The molecule has 0 fully saturated rings. The Morgan fingerprint density at radius 1 is 1.44 bits per heavy atom. The number of anilines is 1. The molecule has 1 amide bonds. The van der Waals surface area contributed by atoms with E-state index in [4.69, 9.17) is 4.74 Å². The van der Waals surface area contributed by atoms with E-state index in [1.807, 2.05) is 6.92 Å². The molecule has 1 aromatic carbocycles. The number of nitrogens with zero attached hydrogens (tertiary/aromatic N) is 2. The second kappa shape index (κ2) is 6.79. The molecule has 0 spiro atoms. The Balaban J connectivity index is 2.22. The van der Waals surface area contributed by atoms with Crippen molar-refractivity contribution in [3.8, 4) is 11.5 Å². The Hall–Kier alpha value is -2.48. The molecule has 25 heavy (non-hydrogen) atoms. The van der Waals surface area contributed by atoms with Crippen LogP contribution in [0.5, 0.6) is 11.5 Å². The Bertz CT molecular complexity index is 894. The molecule has 132 valence electrons. The lowest BCUT2D eigenvalue weighted by Crippen LogP contribution is -2.33. The molecule has 2 heterocycles. The highest BCUT2D eigenvalue weighted by atomic mass is 32.2. The van der Waals surface area contributed by atoms with Crippen LogP contribution in [0.4, 0.5) is 5.82 Å². The van der Waals surface area contributed by atoms with Crippen molar-refractivity contribution in [3.63, 3.8) is 0 Å². The Labute approximate surface area is 149 Å². The molecular weight excluding hydrogens is 342 g/mol. The van der Waals surface area contributed by atoms with Crippen molar-refractivity contribution >= 4 is 23.5 Å². The number of carbonyl (C=O) groups is 1. The number of amides is 1. The topological polar surface area (TPSA) is 93.5 Å². The first-order valence-corrected chi connectivity index (χ1v) is 8.85. The molecule has 1 aliphatic rings. The monoisotopic (exact) mass is 361 g/mol. The molecule has 1 aromatic heterocycles. The number of hydrogen-bond donors (Lipinski definition) is 2. The highest BCUT2D eigenvalue weighted by Crippen LogP contribution is 2.40. The van der Waals surface area contributed by atoms with Crippen molar-refractivity contribution in [1.82, 2.24) is 9.55 Å². The first-order chi connectivity index (χ1) is 12.0. The Kier molecular flexibility index (Phi) is 4.71. The zero-order valence-corrected chi connectivity index (χ0v) is 15.0. The van der Waals surface area contributed by atoms with Gasteiger partial charge in [0.1, 0.15) is 17.3 Å². The van der Waals surface area contributed by atoms with Gasteiger partial charge in [-0.15, -0.1) is 0 Å². The normalized spacial score (nSPS) is 16.3. The van der Waals surface area contributed by atoms with Gasteiger partial charge in [-0.3, -0.25) is 9.59 Å². The highest BCUT2D eigenvalue weighted by molar-refractivity contribution is 7.99. The summed E-state index contributed by atoms with van der Waals surface area (Å²) in [5.74, 6) is 1.06. The molecule has 3 rings (SSSR count). The van der Waals surface area contributed by atoms with Crippen molar-refractivity contribution in [2.75, 3.05) is 18.2 Å². The summed E-state index contributed by atoms with van der Waals surface area (Å²) in [4.78, 5) is 29.1. The maximum Gasteiger partial charge on any atom is 0.279 e. The predicted molar refractivity (Wildman–Crippen MR) is 95.6 cm³/mol. The molecule has 1 aliphatic heterocycles. The summed E-state index contributed by atoms with van der Waals surface area (Å²) in [6.07, 6.45) is 0.116. The lowest BCUT2D eigenvalue weighted by atomic mass is 9.86. The van der Waals surface area contributed by atoms with Gasteiger partial charge in [-0.2, -0.15) is 4.98 Å². The van der Waals surface area contributed by atoms with Gasteiger partial charge < -0.3 is 19.7 Å². The number of carbonyl (C=O) groups excluding carboxylic acids is 1. The minimum atomic E-state index is -0.480. The van der Waals surface area contributed by atoms with Gasteiger partial charge in [0, 0.05) is 31.0 Å². The number of nitrogens with one attached hydrogen (secondary N) is 1. The van der Waals surface area contributed by atoms with Crippen LogP contribution < -0.4 is 15.6 Å². The standard InChI is InChI=1S/C17H19N3O4S/c1-4-25-17-19-16(23)14-11(8-13(22)18-15(14)20(17)2)10-6-5-9(21)7-12(10)24-3/h5-7,11,21H,4,8H2,1-3H3,(H,18,22)/t11-/m1/s1. The molecule has 1 atom stereocenters. The van der Waals surface area contributed by atoms with Crippen LogP contribution in [-0.4, -0.2) is 33.4 Å². The van der Waals surface area contributed by atoms with Crippen molar-refractivity contribution in [2.24, 2.45) is 7.05 Å². The van der Waals surface area contributed by atoms with E-state index in [2.05, 4.69) is 10.3 Å². The van der Waals surface area contributed by atoms with Crippen LogP contribution in [0.25, 0.3) is 0 Å². The SMILES string of the molecule is CCSc1nc(=O)c2c(n1C)NC(=O)C[C@@H]2c1ccc(O)cc1OC. The van der Waals surface area contributed by atoms with E-state index in [1.54, 1.807) is 17.7 Å². The van der Waals surface area contributed by atoms with Gasteiger partial charge in [0.2, 0.25) is 5.91 Å². The fraction of sp³-hybridized carbons (Fsp3) is 0.353. The second-order valence-corrected chi connectivity index (χ2v) is 6.92.